The number of hydrogen-bond donors (Lipinski definition) is 1. The van der Waals surface area contributed by atoms with Crippen LogP contribution >= 0.6 is 0 Å². The molecule has 3 aliphatic rings. The molecule has 0 unspecified atom stereocenters. The van der Waals surface area contributed by atoms with Crippen LogP contribution in [0, 0.1) is 11.7 Å². The smallest absolute Gasteiger partial charge is 0.330 e. The molecule has 0 radical (unpaired) electrons. The van der Waals surface area contributed by atoms with Crippen molar-refractivity contribution < 1.29 is 23.5 Å². The molecule has 1 spiro atoms. The van der Waals surface area contributed by atoms with Crippen molar-refractivity contribution >= 4 is 35.1 Å². The van der Waals surface area contributed by atoms with Crippen molar-refractivity contribution in [2.45, 2.75) is 23.6 Å². The Labute approximate surface area is 271 Å². The van der Waals surface area contributed by atoms with Crippen LogP contribution < -0.4 is 10.2 Å². The number of ketones is 1. The van der Waals surface area contributed by atoms with Gasteiger partial charge in [0.1, 0.15) is 17.3 Å². The number of para-hydroxylation sites is 2. The molecule has 1 N–H and O–H groups in total. The zero-order chi connectivity index (χ0) is 32.1. The van der Waals surface area contributed by atoms with Crippen molar-refractivity contribution in [3.63, 3.8) is 0 Å². The number of carbonyl (C=O) groups excluding carboxylic acids is 3. The van der Waals surface area contributed by atoms with E-state index in [-0.39, 0.29) is 11.5 Å². The van der Waals surface area contributed by atoms with E-state index >= 15 is 0 Å². The Morgan fingerprint density at radius 3 is 2.09 bits per heavy atom. The van der Waals surface area contributed by atoms with Gasteiger partial charge in [-0.05, 0) is 58.7 Å². The van der Waals surface area contributed by atoms with Crippen molar-refractivity contribution in [2.75, 3.05) is 10.2 Å². The number of fused-ring (bicyclic) bond motifs is 6. The van der Waals surface area contributed by atoms with E-state index in [4.69, 9.17) is 4.74 Å². The first-order valence-corrected chi connectivity index (χ1v) is 15.5. The highest BCUT2D eigenvalue weighted by atomic mass is 19.1. The van der Waals surface area contributed by atoms with E-state index in [9.17, 15) is 18.8 Å². The van der Waals surface area contributed by atoms with E-state index in [0.717, 1.165) is 16.7 Å². The molecular formula is C40H29FN2O4. The third kappa shape index (κ3) is 4.41. The summed E-state index contributed by atoms with van der Waals surface area (Å²) in [6, 6.07) is 37.1. The number of anilines is 2. The maximum atomic E-state index is 15.0. The minimum absolute atomic E-state index is 0.200. The van der Waals surface area contributed by atoms with E-state index in [1.54, 1.807) is 6.07 Å². The number of hydrogen-bond acceptors (Lipinski definition) is 5. The standard InChI is InChI=1S/C40H29FN2O4/c41-29-22-19-26(20-23-29)36(44)34-35(38(45)47-37(27-12-3-1-4-13-27)28-14-5-2-6-15-28)43-32-18-10-7-11-25(32)21-24-33(43)40(34)30-16-8-9-17-31(30)42-39(40)46/h1-24,33-35,37H,(H,42,46)/t33-,34-,35+,40-/m1/s1. The highest BCUT2D eigenvalue weighted by Crippen LogP contribution is 2.58. The van der Waals surface area contributed by atoms with Crippen LogP contribution in [0.25, 0.3) is 6.08 Å². The maximum absolute atomic E-state index is 15.0. The summed E-state index contributed by atoms with van der Waals surface area (Å²) >= 11 is 0. The maximum Gasteiger partial charge on any atom is 0.330 e. The quantitative estimate of drug-likeness (QED) is 0.162. The summed E-state index contributed by atoms with van der Waals surface area (Å²) in [6.45, 7) is 0. The van der Waals surface area contributed by atoms with Gasteiger partial charge < -0.3 is 15.0 Å². The Bertz CT molecular complexity index is 2010. The molecule has 8 rings (SSSR count). The molecule has 0 aliphatic carbocycles. The van der Waals surface area contributed by atoms with Gasteiger partial charge in [-0.25, -0.2) is 9.18 Å². The first-order chi connectivity index (χ1) is 23.0. The average Bonchev–Trinajstić information content (AvgIpc) is 3.60. The molecule has 7 heteroatoms. The second kappa shape index (κ2) is 11.2. The fourth-order valence-electron chi connectivity index (χ4n) is 7.66. The zero-order valence-corrected chi connectivity index (χ0v) is 25.1. The van der Waals surface area contributed by atoms with Crippen molar-refractivity contribution in [3.05, 3.63) is 173 Å². The van der Waals surface area contributed by atoms with Gasteiger partial charge in [0.25, 0.3) is 0 Å². The zero-order valence-electron chi connectivity index (χ0n) is 25.1. The molecule has 0 aromatic heterocycles. The number of esters is 1. The molecule has 5 aromatic carbocycles. The Kier molecular flexibility index (Phi) is 6.83. The lowest BCUT2D eigenvalue weighted by Crippen LogP contribution is -2.51. The minimum Gasteiger partial charge on any atom is -0.451 e. The van der Waals surface area contributed by atoms with Crippen molar-refractivity contribution in [2.24, 2.45) is 5.92 Å². The Balaban J connectivity index is 1.35. The number of halogens is 1. The summed E-state index contributed by atoms with van der Waals surface area (Å²) in [5.41, 5.74) is 3.01. The Morgan fingerprint density at radius 1 is 0.766 bits per heavy atom. The third-order valence-corrected chi connectivity index (χ3v) is 9.63. The first kappa shape index (κ1) is 28.6. The van der Waals surface area contributed by atoms with Crippen LogP contribution in [0.3, 0.4) is 0 Å². The van der Waals surface area contributed by atoms with E-state index in [2.05, 4.69) is 5.32 Å². The van der Waals surface area contributed by atoms with Gasteiger partial charge in [-0.15, -0.1) is 0 Å². The first-order valence-electron chi connectivity index (χ1n) is 15.5. The van der Waals surface area contributed by atoms with E-state index in [1.165, 1.54) is 24.3 Å². The average molecular weight is 621 g/mol. The lowest BCUT2D eigenvalue weighted by molar-refractivity contribution is -0.150. The molecule has 5 aromatic rings. The number of carbonyl (C=O) groups is 3. The van der Waals surface area contributed by atoms with Gasteiger partial charge in [-0.2, -0.15) is 0 Å². The molecule has 47 heavy (non-hydrogen) atoms. The SMILES string of the molecule is O=C(OC(c1ccccc1)c1ccccc1)[C@@H]1[C@H](C(=O)c2ccc(F)cc2)[C@]2(C(=O)Nc3ccccc32)[C@H]2C=Cc3ccccc3N12. The summed E-state index contributed by atoms with van der Waals surface area (Å²) in [5.74, 6) is -3.19. The number of benzene rings is 5. The van der Waals surface area contributed by atoms with Gasteiger partial charge in [0.05, 0.1) is 12.0 Å². The van der Waals surface area contributed by atoms with Crippen LogP contribution in [0.1, 0.15) is 38.7 Å². The molecule has 3 heterocycles. The third-order valence-electron chi connectivity index (χ3n) is 9.63. The molecule has 1 amide bonds. The second-order valence-electron chi connectivity index (χ2n) is 12.1. The van der Waals surface area contributed by atoms with Crippen LogP contribution in [0.4, 0.5) is 15.8 Å². The fourth-order valence-corrected chi connectivity index (χ4v) is 7.66. The lowest BCUT2D eigenvalue weighted by Gasteiger charge is -2.37. The van der Waals surface area contributed by atoms with E-state index in [0.29, 0.717) is 16.9 Å². The van der Waals surface area contributed by atoms with Crippen LogP contribution in [-0.4, -0.2) is 29.7 Å². The monoisotopic (exact) mass is 620 g/mol. The molecule has 1 fully saturated rings. The molecule has 6 nitrogen and oxygen atoms in total. The number of nitrogens with zero attached hydrogens (tertiary/aromatic N) is 1. The summed E-state index contributed by atoms with van der Waals surface area (Å²) in [4.78, 5) is 46.3. The van der Waals surface area contributed by atoms with Gasteiger partial charge in [0.15, 0.2) is 11.9 Å². The van der Waals surface area contributed by atoms with Crippen molar-refractivity contribution in [1.82, 2.24) is 0 Å². The van der Waals surface area contributed by atoms with Crippen molar-refractivity contribution in [1.29, 1.82) is 0 Å². The molecule has 0 bridgehead atoms. The summed E-state index contributed by atoms with van der Waals surface area (Å²) in [7, 11) is 0. The molecule has 4 atom stereocenters. The van der Waals surface area contributed by atoms with E-state index < -0.39 is 47.1 Å². The molecule has 0 saturated carbocycles. The minimum atomic E-state index is -1.50. The fraction of sp³-hybridized carbons (Fsp3) is 0.125. The highest BCUT2D eigenvalue weighted by Gasteiger charge is 2.71. The van der Waals surface area contributed by atoms with Crippen LogP contribution in [0.2, 0.25) is 0 Å². The van der Waals surface area contributed by atoms with Gasteiger partial charge in [0, 0.05) is 16.9 Å². The molecule has 3 aliphatic heterocycles. The van der Waals surface area contributed by atoms with Crippen LogP contribution in [-0.2, 0) is 19.7 Å². The van der Waals surface area contributed by atoms with Gasteiger partial charge >= 0.3 is 5.97 Å². The normalized spacial score (nSPS) is 22.0. The Morgan fingerprint density at radius 2 is 1.38 bits per heavy atom. The van der Waals surface area contributed by atoms with Gasteiger partial charge in [0.2, 0.25) is 5.91 Å². The predicted octanol–water partition coefficient (Wildman–Crippen LogP) is 7.13. The van der Waals surface area contributed by atoms with Crippen molar-refractivity contribution in [3.8, 4) is 0 Å². The van der Waals surface area contributed by atoms with Gasteiger partial charge in [-0.3, -0.25) is 9.59 Å². The second-order valence-corrected chi connectivity index (χ2v) is 12.1. The number of Topliss-reactive ketones (excluding diaryl/α,β-unsaturated/α-hetero) is 1. The largest absolute Gasteiger partial charge is 0.451 e. The number of ether oxygens (including phenoxy) is 1. The Hall–Kier alpha value is -5.82. The van der Waals surface area contributed by atoms with Gasteiger partial charge in [-0.1, -0.05) is 109 Å². The summed E-state index contributed by atoms with van der Waals surface area (Å²) in [5, 5.41) is 3.02. The topological polar surface area (TPSA) is 75.7 Å². The summed E-state index contributed by atoms with van der Waals surface area (Å²) < 4.78 is 20.6. The summed E-state index contributed by atoms with van der Waals surface area (Å²) in [6.07, 6.45) is 3.08. The highest BCUT2D eigenvalue weighted by molar-refractivity contribution is 6.16. The van der Waals surface area contributed by atoms with Crippen LogP contribution in [0.5, 0.6) is 0 Å². The number of nitrogens with one attached hydrogen (secondary N) is 1. The number of amides is 1. The lowest BCUT2D eigenvalue weighted by atomic mass is 9.64. The van der Waals surface area contributed by atoms with Crippen LogP contribution in [0.15, 0.2) is 140 Å². The predicted molar refractivity (Wildman–Crippen MR) is 177 cm³/mol. The number of rotatable bonds is 6. The molecular weight excluding hydrogens is 591 g/mol. The molecule has 1 saturated heterocycles. The molecule has 230 valence electrons. The van der Waals surface area contributed by atoms with E-state index in [1.807, 2.05) is 120 Å².